The van der Waals surface area contributed by atoms with Crippen molar-refractivity contribution in [2.75, 3.05) is 26.2 Å². The van der Waals surface area contributed by atoms with Gasteiger partial charge in [-0.15, -0.1) is 11.3 Å². The number of hydrogen-bond donors (Lipinski definition) is 1. The fourth-order valence-corrected chi connectivity index (χ4v) is 4.81. The van der Waals surface area contributed by atoms with E-state index in [1.165, 1.54) is 16.4 Å². The van der Waals surface area contributed by atoms with Gasteiger partial charge in [-0.05, 0) is 19.1 Å². The highest BCUT2D eigenvalue weighted by atomic mass is 32.2. The van der Waals surface area contributed by atoms with E-state index < -0.39 is 22.0 Å². The van der Waals surface area contributed by atoms with Crippen molar-refractivity contribution in [2.24, 2.45) is 0 Å². The van der Waals surface area contributed by atoms with E-state index in [0.29, 0.717) is 18.0 Å². The molecule has 114 valence electrons. The van der Waals surface area contributed by atoms with Crippen molar-refractivity contribution in [3.63, 3.8) is 0 Å². The first kappa shape index (κ1) is 15.9. The van der Waals surface area contributed by atoms with Crippen molar-refractivity contribution >= 4 is 27.3 Å². The number of carboxylic acid groups (broad SMARTS) is 1. The summed E-state index contributed by atoms with van der Waals surface area (Å²) in [6.45, 7) is 2.84. The standard InChI is InChI=1S/C12H15N3O4S2/c1-9(12(16)17)14-4-6-15(7-5-14)21(18,19)11-3-2-10(8-13)20-11/h2-3,9H,4-7H2,1H3,(H,16,17). The van der Waals surface area contributed by atoms with Crippen molar-refractivity contribution in [2.45, 2.75) is 17.2 Å². The SMILES string of the molecule is CC(C(=O)O)N1CCN(S(=O)(=O)c2ccc(C#N)s2)CC1. The lowest BCUT2D eigenvalue weighted by atomic mass is 10.2. The number of sulfonamides is 1. The molecule has 2 rings (SSSR count). The van der Waals surface area contributed by atoms with Crippen molar-refractivity contribution in [1.29, 1.82) is 5.26 Å². The van der Waals surface area contributed by atoms with E-state index in [2.05, 4.69) is 0 Å². The summed E-state index contributed by atoms with van der Waals surface area (Å²) in [6, 6.07) is 4.22. The zero-order valence-electron chi connectivity index (χ0n) is 11.4. The molecule has 0 bridgehead atoms. The molecule has 0 radical (unpaired) electrons. The number of rotatable bonds is 4. The molecule has 21 heavy (non-hydrogen) atoms. The van der Waals surface area contributed by atoms with E-state index >= 15 is 0 Å². The summed E-state index contributed by atoms with van der Waals surface area (Å²) in [5.74, 6) is -0.914. The molecule has 0 aliphatic carbocycles. The summed E-state index contributed by atoms with van der Waals surface area (Å²) < 4.78 is 26.3. The molecule has 0 saturated carbocycles. The van der Waals surface area contributed by atoms with Crippen LogP contribution in [0, 0.1) is 11.3 Å². The summed E-state index contributed by atoms with van der Waals surface area (Å²) in [5, 5.41) is 17.7. The van der Waals surface area contributed by atoms with Gasteiger partial charge in [0.15, 0.2) is 0 Å². The van der Waals surface area contributed by atoms with Crippen LogP contribution in [0.3, 0.4) is 0 Å². The number of nitriles is 1. The van der Waals surface area contributed by atoms with Crippen LogP contribution in [-0.2, 0) is 14.8 Å². The predicted molar refractivity (Wildman–Crippen MR) is 76.5 cm³/mol. The highest BCUT2D eigenvalue weighted by molar-refractivity contribution is 7.91. The van der Waals surface area contributed by atoms with E-state index in [9.17, 15) is 13.2 Å². The number of hydrogen-bond acceptors (Lipinski definition) is 6. The number of carboxylic acids is 1. The van der Waals surface area contributed by atoms with Gasteiger partial charge in [-0.1, -0.05) is 0 Å². The zero-order valence-corrected chi connectivity index (χ0v) is 13.0. The van der Waals surface area contributed by atoms with Crippen molar-refractivity contribution in [3.8, 4) is 6.07 Å². The molecule has 1 N–H and O–H groups in total. The molecule has 1 aliphatic rings. The molecule has 1 aromatic rings. The van der Waals surface area contributed by atoms with Crippen LogP contribution in [0.15, 0.2) is 16.3 Å². The minimum atomic E-state index is -3.59. The zero-order chi connectivity index (χ0) is 15.6. The lowest BCUT2D eigenvalue weighted by Crippen LogP contribution is -2.52. The highest BCUT2D eigenvalue weighted by Crippen LogP contribution is 2.25. The molecule has 1 unspecified atom stereocenters. The molecule has 0 amide bonds. The van der Waals surface area contributed by atoms with Crippen molar-refractivity contribution in [1.82, 2.24) is 9.21 Å². The van der Waals surface area contributed by atoms with Crippen LogP contribution in [0.25, 0.3) is 0 Å². The van der Waals surface area contributed by atoms with Crippen LogP contribution in [0.2, 0.25) is 0 Å². The minimum absolute atomic E-state index is 0.152. The summed E-state index contributed by atoms with van der Waals surface area (Å²) in [4.78, 5) is 13.0. The molecular formula is C12H15N3O4S2. The topological polar surface area (TPSA) is 102 Å². The molecule has 1 aromatic heterocycles. The number of carbonyl (C=O) groups is 1. The van der Waals surface area contributed by atoms with Crippen LogP contribution in [0.4, 0.5) is 0 Å². The van der Waals surface area contributed by atoms with Gasteiger partial charge >= 0.3 is 5.97 Å². The summed E-state index contributed by atoms with van der Waals surface area (Å²) in [6.07, 6.45) is 0. The lowest BCUT2D eigenvalue weighted by molar-refractivity contribution is -0.143. The molecule has 7 nitrogen and oxygen atoms in total. The number of aliphatic carboxylic acids is 1. The Bertz CT molecular complexity index is 669. The molecular weight excluding hydrogens is 314 g/mol. The quantitative estimate of drug-likeness (QED) is 0.858. The summed E-state index contributed by atoms with van der Waals surface area (Å²) >= 11 is 0.947. The van der Waals surface area contributed by atoms with E-state index in [1.54, 1.807) is 11.8 Å². The van der Waals surface area contributed by atoms with Crippen LogP contribution >= 0.6 is 11.3 Å². The lowest BCUT2D eigenvalue weighted by Gasteiger charge is -2.35. The van der Waals surface area contributed by atoms with Crippen LogP contribution < -0.4 is 0 Å². The smallest absolute Gasteiger partial charge is 0.320 e. The van der Waals surface area contributed by atoms with Gasteiger partial charge in [-0.3, -0.25) is 9.69 Å². The Morgan fingerprint density at radius 2 is 2.00 bits per heavy atom. The normalized spacial score (nSPS) is 19.0. The maximum absolute atomic E-state index is 12.4. The minimum Gasteiger partial charge on any atom is -0.480 e. The van der Waals surface area contributed by atoms with Crippen LogP contribution in [-0.4, -0.2) is 60.9 Å². The molecule has 0 spiro atoms. The van der Waals surface area contributed by atoms with Crippen molar-refractivity contribution in [3.05, 3.63) is 17.0 Å². The third kappa shape index (κ3) is 3.24. The Morgan fingerprint density at radius 1 is 1.38 bits per heavy atom. The van der Waals surface area contributed by atoms with E-state index in [0.717, 1.165) is 11.3 Å². The summed E-state index contributed by atoms with van der Waals surface area (Å²) in [5.41, 5.74) is 0. The molecule has 1 fully saturated rings. The van der Waals surface area contributed by atoms with Crippen LogP contribution in [0.1, 0.15) is 11.8 Å². The first-order valence-electron chi connectivity index (χ1n) is 6.33. The number of nitrogens with zero attached hydrogens (tertiary/aromatic N) is 3. The highest BCUT2D eigenvalue weighted by Gasteiger charge is 2.32. The molecule has 9 heteroatoms. The van der Waals surface area contributed by atoms with Gasteiger partial charge < -0.3 is 5.11 Å². The molecule has 1 saturated heterocycles. The third-order valence-corrected chi connectivity index (χ3v) is 6.82. The number of piperazine rings is 1. The van der Waals surface area contributed by atoms with Gasteiger partial charge in [-0.2, -0.15) is 9.57 Å². The molecule has 1 atom stereocenters. The number of thiophene rings is 1. The second-order valence-corrected chi connectivity index (χ2v) is 7.93. The van der Waals surface area contributed by atoms with Gasteiger partial charge in [0.2, 0.25) is 0 Å². The maximum atomic E-state index is 12.4. The van der Waals surface area contributed by atoms with E-state index in [-0.39, 0.29) is 17.3 Å². The second kappa shape index (κ2) is 6.11. The van der Waals surface area contributed by atoms with Gasteiger partial charge in [-0.25, -0.2) is 8.42 Å². The first-order chi connectivity index (χ1) is 9.86. The van der Waals surface area contributed by atoms with Gasteiger partial charge in [0.1, 0.15) is 21.2 Å². The Kier molecular flexibility index (Phi) is 4.63. The molecule has 0 aromatic carbocycles. The van der Waals surface area contributed by atoms with Gasteiger partial charge in [0, 0.05) is 26.2 Å². The summed E-state index contributed by atoms with van der Waals surface area (Å²) in [7, 11) is -3.59. The largest absolute Gasteiger partial charge is 0.480 e. The van der Waals surface area contributed by atoms with Crippen molar-refractivity contribution < 1.29 is 18.3 Å². The first-order valence-corrected chi connectivity index (χ1v) is 8.59. The predicted octanol–water partition coefficient (Wildman–Crippen LogP) is 0.399. The third-order valence-electron chi connectivity index (χ3n) is 3.46. The Hall–Kier alpha value is -1.47. The Balaban J connectivity index is 2.08. The van der Waals surface area contributed by atoms with E-state index in [1.807, 2.05) is 6.07 Å². The fraction of sp³-hybridized carbons (Fsp3) is 0.500. The molecule has 1 aliphatic heterocycles. The average molecular weight is 329 g/mol. The van der Waals surface area contributed by atoms with Gasteiger partial charge in [0.05, 0.1) is 0 Å². The maximum Gasteiger partial charge on any atom is 0.320 e. The average Bonchev–Trinajstić information content (AvgIpc) is 2.96. The van der Waals surface area contributed by atoms with Crippen LogP contribution in [0.5, 0.6) is 0 Å². The fourth-order valence-electron chi connectivity index (χ4n) is 2.13. The Morgan fingerprint density at radius 3 is 2.48 bits per heavy atom. The Labute approximate surface area is 127 Å². The second-order valence-electron chi connectivity index (χ2n) is 4.68. The van der Waals surface area contributed by atoms with E-state index in [4.69, 9.17) is 10.4 Å². The van der Waals surface area contributed by atoms with Gasteiger partial charge in [0.25, 0.3) is 10.0 Å². The monoisotopic (exact) mass is 329 g/mol. The molecule has 2 heterocycles.